The number of halogens is 1. The predicted octanol–water partition coefficient (Wildman–Crippen LogP) is 4.73. The lowest BCUT2D eigenvalue weighted by molar-refractivity contribution is -0.118. The fourth-order valence-corrected chi connectivity index (χ4v) is 4.00. The number of hydrogen-bond donors (Lipinski definition) is 1. The van der Waals surface area contributed by atoms with Gasteiger partial charge >= 0.3 is 0 Å². The minimum Gasteiger partial charge on any atom is -0.484 e. The van der Waals surface area contributed by atoms with Crippen molar-refractivity contribution in [1.29, 1.82) is 0 Å². The van der Waals surface area contributed by atoms with Gasteiger partial charge in [0.2, 0.25) is 0 Å². The standard InChI is InChI=1S/C24H21ClN4O2/c25-17-6-11-22-21(14-17)27-23-15-28(12-13-29(22)23)19-9-7-18(8-10-19)26-24(30)16-31-20-4-2-1-3-5-20/h1-11,14H,12-13,15-16H2,(H,26,30). The summed E-state index contributed by atoms with van der Waals surface area (Å²) in [4.78, 5) is 19.2. The summed E-state index contributed by atoms with van der Waals surface area (Å²) in [6.07, 6.45) is 0. The largest absolute Gasteiger partial charge is 0.484 e. The first-order valence-corrected chi connectivity index (χ1v) is 10.5. The van der Waals surface area contributed by atoms with E-state index in [9.17, 15) is 4.79 Å². The molecule has 0 spiro atoms. The molecule has 0 saturated heterocycles. The zero-order chi connectivity index (χ0) is 21.2. The van der Waals surface area contributed by atoms with Crippen molar-refractivity contribution in [2.75, 3.05) is 23.4 Å². The van der Waals surface area contributed by atoms with Crippen LogP contribution in [0.3, 0.4) is 0 Å². The second kappa shape index (κ2) is 8.32. The van der Waals surface area contributed by atoms with E-state index in [1.54, 1.807) is 0 Å². The van der Waals surface area contributed by atoms with E-state index in [0.717, 1.165) is 47.9 Å². The van der Waals surface area contributed by atoms with Crippen LogP contribution < -0.4 is 15.0 Å². The normalized spacial score (nSPS) is 13.1. The fraction of sp³-hybridized carbons (Fsp3) is 0.167. The number of para-hydroxylation sites is 1. The topological polar surface area (TPSA) is 59.4 Å². The van der Waals surface area contributed by atoms with Gasteiger partial charge in [0.05, 0.1) is 17.6 Å². The summed E-state index contributed by atoms with van der Waals surface area (Å²) < 4.78 is 7.74. The van der Waals surface area contributed by atoms with Crippen molar-refractivity contribution < 1.29 is 9.53 Å². The SMILES string of the molecule is O=C(COc1ccccc1)Nc1ccc(N2CCn3c(nc4cc(Cl)ccc43)C2)cc1. The lowest BCUT2D eigenvalue weighted by Crippen LogP contribution is -2.33. The molecule has 156 valence electrons. The van der Waals surface area contributed by atoms with E-state index in [2.05, 4.69) is 14.8 Å². The number of rotatable bonds is 5. The molecule has 1 N–H and O–H groups in total. The van der Waals surface area contributed by atoms with Crippen molar-refractivity contribution in [1.82, 2.24) is 9.55 Å². The third-order valence-corrected chi connectivity index (χ3v) is 5.58. The van der Waals surface area contributed by atoms with Crippen LogP contribution in [0.25, 0.3) is 11.0 Å². The maximum atomic E-state index is 12.2. The molecule has 1 amide bonds. The predicted molar refractivity (Wildman–Crippen MR) is 123 cm³/mol. The van der Waals surface area contributed by atoms with Crippen LogP contribution >= 0.6 is 11.6 Å². The highest BCUT2D eigenvalue weighted by Gasteiger charge is 2.20. The van der Waals surface area contributed by atoms with Crippen molar-refractivity contribution in [3.63, 3.8) is 0 Å². The van der Waals surface area contributed by atoms with Crippen LogP contribution in [-0.4, -0.2) is 28.6 Å². The maximum absolute atomic E-state index is 12.2. The fourth-order valence-electron chi connectivity index (χ4n) is 3.83. The van der Waals surface area contributed by atoms with Crippen LogP contribution in [0.1, 0.15) is 5.82 Å². The van der Waals surface area contributed by atoms with Crippen LogP contribution in [0.2, 0.25) is 5.02 Å². The lowest BCUT2D eigenvalue weighted by Gasteiger charge is -2.30. The van der Waals surface area contributed by atoms with Gasteiger partial charge in [-0.15, -0.1) is 0 Å². The Morgan fingerprint density at radius 1 is 1.03 bits per heavy atom. The molecule has 1 aromatic heterocycles. The van der Waals surface area contributed by atoms with Gasteiger partial charge in [-0.05, 0) is 54.6 Å². The Kier molecular flexibility index (Phi) is 5.22. The van der Waals surface area contributed by atoms with E-state index in [4.69, 9.17) is 21.3 Å². The summed E-state index contributed by atoms with van der Waals surface area (Å²) in [6.45, 7) is 2.45. The van der Waals surface area contributed by atoms with Crippen LogP contribution in [0.5, 0.6) is 5.75 Å². The monoisotopic (exact) mass is 432 g/mol. The Hall–Kier alpha value is -3.51. The molecule has 0 saturated carbocycles. The van der Waals surface area contributed by atoms with Crippen molar-refractivity contribution in [2.45, 2.75) is 13.1 Å². The van der Waals surface area contributed by atoms with Crippen molar-refractivity contribution in [2.24, 2.45) is 0 Å². The summed E-state index contributed by atoms with van der Waals surface area (Å²) >= 11 is 6.11. The van der Waals surface area contributed by atoms with Crippen LogP contribution in [0, 0.1) is 0 Å². The van der Waals surface area contributed by atoms with Gasteiger partial charge in [0.15, 0.2) is 6.61 Å². The average molecular weight is 433 g/mol. The number of ether oxygens (including phenoxy) is 1. The molecular weight excluding hydrogens is 412 g/mol. The molecule has 0 aliphatic carbocycles. The van der Waals surface area contributed by atoms with Crippen LogP contribution in [0.4, 0.5) is 11.4 Å². The molecule has 0 fully saturated rings. The summed E-state index contributed by atoms with van der Waals surface area (Å²) in [5.41, 5.74) is 3.88. The zero-order valence-corrected chi connectivity index (χ0v) is 17.5. The molecule has 0 atom stereocenters. The van der Waals surface area contributed by atoms with Gasteiger partial charge in [0.1, 0.15) is 11.6 Å². The number of carbonyl (C=O) groups is 1. The molecule has 0 unspecified atom stereocenters. The number of nitrogens with zero attached hydrogens (tertiary/aromatic N) is 3. The Morgan fingerprint density at radius 3 is 2.65 bits per heavy atom. The first kappa shape index (κ1) is 19.5. The summed E-state index contributed by atoms with van der Waals surface area (Å²) in [5.74, 6) is 1.51. The van der Waals surface area contributed by atoms with Gasteiger partial charge in [-0.2, -0.15) is 0 Å². The smallest absolute Gasteiger partial charge is 0.262 e. The molecule has 7 heteroatoms. The van der Waals surface area contributed by atoms with E-state index < -0.39 is 0 Å². The summed E-state index contributed by atoms with van der Waals surface area (Å²) in [5, 5.41) is 3.57. The number of amides is 1. The number of carbonyl (C=O) groups excluding carboxylic acids is 1. The van der Waals surface area contributed by atoms with Gasteiger partial charge in [-0.25, -0.2) is 4.98 Å². The summed E-state index contributed by atoms with van der Waals surface area (Å²) in [7, 11) is 0. The van der Waals surface area contributed by atoms with Gasteiger partial charge < -0.3 is 19.5 Å². The van der Waals surface area contributed by atoms with Crippen LogP contribution in [-0.2, 0) is 17.9 Å². The van der Waals surface area contributed by atoms with Crippen molar-refractivity contribution >= 4 is 39.9 Å². The van der Waals surface area contributed by atoms with E-state index in [1.165, 1.54) is 0 Å². The number of nitrogens with one attached hydrogen (secondary N) is 1. The molecular formula is C24H21ClN4O2. The third-order valence-electron chi connectivity index (χ3n) is 5.34. The molecule has 4 aromatic rings. The average Bonchev–Trinajstić information content (AvgIpc) is 3.15. The minimum absolute atomic E-state index is 0.0296. The van der Waals surface area contributed by atoms with E-state index in [0.29, 0.717) is 10.8 Å². The number of anilines is 2. The highest BCUT2D eigenvalue weighted by molar-refractivity contribution is 6.31. The zero-order valence-electron chi connectivity index (χ0n) is 16.8. The van der Waals surface area contributed by atoms with E-state index in [-0.39, 0.29) is 12.5 Å². The lowest BCUT2D eigenvalue weighted by atomic mass is 10.2. The van der Waals surface area contributed by atoms with Crippen molar-refractivity contribution in [3.8, 4) is 5.75 Å². The van der Waals surface area contributed by atoms with Crippen molar-refractivity contribution in [3.05, 3.63) is 83.6 Å². The number of aromatic nitrogens is 2. The highest BCUT2D eigenvalue weighted by Crippen LogP contribution is 2.27. The minimum atomic E-state index is -0.193. The van der Waals surface area contributed by atoms with Gasteiger partial charge in [0, 0.05) is 29.5 Å². The molecule has 5 rings (SSSR count). The quantitative estimate of drug-likeness (QED) is 0.495. The Bertz CT molecular complexity index is 1220. The van der Waals surface area contributed by atoms with Crippen LogP contribution in [0.15, 0.2) is 72.8 Å². The summed E-state index contributed by atoms with van der Waals surface area (Å²) in [6, 6.07) is 23.0. The molecule has 31 heavy (non-hydrogen) atoms. The molecule has 3 aromatic carbocycles. The molecule has 0 radical (unpaired) electrons. The highest BCUT2D eigenvalue weighted by atomic mass is 35.5. The Morgan fingerprint density at radius 2 is 1.84 bits per heavy atom. The second-order valence-electron chi connectivity index (χ2n) is 7.43. The molecule has 2 heterocycles. The first-order valence-electron chi connectivity index (χ1n) is 10.1. The molecule has 1 aliphatic rings. The first-order chi connectivity index (χ1) is 15.2. The Balaban J connectivity index is 1.22. The number of fused-ring (bicyclic) bond motifs is 3. The van der Waals surface area contributed by atoms with E-state index >= 15 is 0 Å². The maximum Gasteiger partial charge on any atom is 0.262 e. The molecule has 0 bridgehead atoms. The Labute approximate surface area is 185 Å². The number of imidazole rings is 1. The van der Waals surface area contributed by atoms with Gasteiger partial charge in [-0.3, -0.25) is 4.79 Å². The number of benzene rings is 3. The van der Waals surface area contributed by atoms with Gasteiger partial charge in [-0.1, -0.05) is 29.8 Å². The molecule has 6 nitrogen and oxygen atoms in total. The van der Waals surface area contributed by atoms with E-state index in [1.807, 2.05) is 72.8 Å². The number of hydrogen-bond acceptors (Lipinski definition) is 4. The van der Waals surface area contributed by atoms with Gasteiger partial charge in [0.25, 0.3) is 5.91 Å². The third kappa shape index (κ3) is 4.20. The molecule has 1 aliphatic heterocycles. The second-order valence-corrected chi connectivity index (χ2v) is 7.87.